The third kappa shape index (κ3) is 3.25. The van der Waals surface area contributed by atoms with Crippen molar-refractivity contribution in [2.24, 2.45) is 5.92 Å². The molecule has 1 aliphatic carbocycles. The second kappa shape index (κ2) is 6.05. The molecule has 1 fully saturated rings. The molecule has 3 heteroatoms. The van der Waals surface area contributed by atoms with E-state index in [1.54, 1.807) is 0 Å². The first-order valence-electron chi connectivity index (χ1n) is 6.72. The average molecular weight is 268 g/mol. The fraction of sp³-hybridized carbons (Fsp3) is 0.600. The highest BCUT2D eigenvalue weighted by Crippen LogP contribution is 2.37. The Morgan fingerprint density at radius 1 is 1.28 bits per heavy atom. The van der Waals surface area contributed by atoms with E-state index in [4.69, 9.17) is 16.7 Å². The van der Waals surface area contributed by atoms with Crippen LogP contribution in [0.15, 0.2) is 24.3 Å². The fourth-order valence-electron chi connectivity index (χ4n) is 2.46. The molecule has 1 saturated carbocycles. The van der Waals surface area contributed by atoms with Gasteiger partial charge in [-0.05, 0) is 49.3 Å². The molecule has 2 nitrogen and oxygen atoms in total. The number of hydrogen-bond donors (Lipinski definition) is 2. The van der Waals surface area contributed by atoms with Crippen LogP contribution in [0.4, 0.5) is 0 Å². The van der Waals surface area contributed by atoms with E-state index in [1.165, 1.54) is 18.4 Å². The van der Waals surface area contributed by atoms with Crippen molar-refractivity contribution in [1.29, 1.82) is 0 Å². The van der Waals surface area contributed by atoms with E-state index in [0.717, 1.165) is 5.02 Å². The van der Waals surface area contributed by atoms with E-state index in [1.807, 2.05) is 12.1 Å². The molecule has 0 aromatic heterocycles. The standard InChI is InChI=1S/C15H22ClNO/c1-10(9-18)11(2)17-15-7-13(8-15)12-3-5-14(16)6-4-12/h3-6,10-11,13,15,17-18H,7-9H2,1-2H3. The van der Waals surface area contributed by atoms with Gasteiger partial charge in [-0.25, -0.2) is 0 Å². The van der Waals surface area contributed by atoms with Gasteiger partial charge in [-0.3, -0.25) is 0 Å². The van der Waals surface area contributed by atoms with Gasteiger partial charge in [0.05, 0.1) is 0 Å². The Balaban J connectivity index is 1.78. The third-order valence-corrected chi connectivity index (χ3v) is 4.37. The van der Waals surface area contributed by atoms with Crippen LogP contribution in [-0.2, 0) is 0 Å². The molecule has 0 amide bonds. The minimum atomic E-state index is 0.251. The van der Waals surface area contributed by atoms with Crippen LogP contribution < -0.4 is 5.32 Å². The van der Waals surface area contributed by atoms with Gasteiger partial charge >= 0.3 is 0 Å². The summed E-state index contributed by atoms with van der Waals surface area (Å²) in [5.41, 5.74) is 1.39. The van der Waals surface area contributed by atoms with Crippen LogP contribution in [-0.4, -0.2) is 23.8 Å². The van der Waals surface area contributed by atoms with E-state index in [-0.39, 0.29) is 6.61 Å². The lowest BCUT2D eigenvalue weighted by atomic mass is 9.75. The molecule has 0 saturated heterocycles. The summed E-state index contributed by atoms with van der Waals surface area (Å²) in [6.07, 6.45) is 2.37. The molecule has 1 aliphatic rings. The number of benzene rings is 1. The van der Waals surface area contributed by atoms with Crippen LogP contribution in [0.2, 0.25) is 5.02 Å². The Labute approximate surface area is 114 Å². The number of nitrogens with one attached hydrogen (secondary N) is 1. The lowest BCUT2D eigenvalue weighted by Crippen LogP contribution is -2.47. The summed E-state index contributed by atoms with van der Waals surface area (Å²) >= 11 is 5.89. The summed E-state index contributed by atoms with van der Waals surface area (Å²) in [4.78, 5) is 0. The van der Waals surface area contributed by atoms with Crippen LogP contribution in [0, 0.1) is 5.92 Å². The second-order valence-electron chi connectivity index (χ2n) is 5.53. The summed E-state index contributed by atoms with van der Waals surface area (Å²) < 4.78 is 0. The van der Waals surface area contributed by atoms with Gasteiger partial charge in [-0.2, -0.15) is 0 Å². The van der Waals surface area contributed by atoms with Gasteiger partial charge in [0.25, 0.3) is 0 Å². The predicted molar refractivity (Wildman–Crippen MR) is 76.1 cm³/mol. The van der Waals surface area contributed by atoms with Gasteiger partial charge in [-0.15, -0.1) is 0 Å². The highest BCUT2D eigenvalue weighted by Gasteiger charge is 2.31. The van der Waals surface area contributed by atoms with Gasteiger partial charge in [-0.1, -0.05) is 30.7 Å². The SMILES string of the molecule is CC(CO)C(C)NC1CC(c2ccc(Cl)cc2)C1. The molecule has 2 N–H and O–H groups in total. The number of aliphatic hydroxyl groups excluding tert-OH is 1. The maximum atomic E-state index is 9.11. The van der Waals surface area contributed by atoms with Crippen LogP contribution >= 0.6 is 11.6 Å². The maximum Gasteiger partial charge on any atom is 0.0471 e. The van der Waals surface area contributed by atoms with Crippen LogP contribution in [0.5, 0.6) is 0 Å². The molecular formula is C15H22ClNO. The molecule has 0 heterocycles. The molecule has 100 valence electrons. The van der Waals surface area contributed by atoms with Gasteiger partial charge in [0.2, 0.25) is 0 Å². The molecule has 2 rings (SSSR count). The number of rotatable bonds is 5. The Morgan fingerprint density at radius 3 is 2.44 bits per heavy atom. The van der Waals surface area contributed by atoms with Crippen molar-refractivity contribution in [3.05, 3.63) is 34.9 Å². The first kappa shape index (κ1) is 13.9. The van der Waals surface area contributed by atoms with Crippen LogP contribution in [0.25, 0.3) is 0 Å². The molecule has 2 unspecified atom stereocenters. The van der Waals surface area contributed by atoms with Crippen LogP contribution in [0.3, 0.4) is 0 Å². The minimum Gasteiger partial charge on any atom is -0.396 e. The van der Waals surface area contributed by atoms with Gasteiger partial charge in [0, 0.05) is 23.7 Å². The molecule has 1 aromatic rings. The minimum absolute atomic E-state index is 0.251. The highest BCUT2D eigenvalue weighted by atomic mass is 35.5. The summed E-state index contributed by atoms with van der Waals surface area (Å²) in [7, 11) is 0. The van der Waals surface area contributed by atoms with Crippen molar-refractivity contribution in [1.82, 2.24) is 5.32 Å². The van der Waals surface area contributed by atoms with E-state index >= 15 is 0 Å². The zero-order valence-electron chi connectivity index (χ0n) is 11.1. The number of halogens is 1. The average Bonchev–Trinajstić information content (AvgIpc) is 2.33. The van der Waals surface area contributed by atoms with Gasteiger partial charge < -0.3 is 10.4 Å². The second-order valence-corrected chi connectivity index (χ2v) is 5.97. The fourth-order valence-corrected chi connectivity index (χ4v) is 2.58. The Bertz CT molecular complexity index is 373. The van der Waals surface area contributed by atoms with E-state index < -0.39 is 0 Å². The Hall–Kier alpha value is -0.570. The summed E-state index contributed by atoms with van der Waals surface area (Å²) in [5.74, 6) is 0.982. The summed E-state index contributed by atoms with van der Waals surface area (Å²) in [5, 5.41) is 13.5. The summed E-state index contributed by atoms with van der Waals surface area (Å²) in [6.45, 7) is 4.48. The lowest BCUT2D eigenvalue weighted by Gasteiger charge is -2.39. The largest absolute Gasteiger partial charge is 0.396 e. The maximum absolute atomic E-state index is 9.11. The topological polar surface area (TPSA) is 32.3 Å². The number of hydrogen-bond acceptors (Lipinski definition) is 2. The molecule has 18 heavy (non-hydrogen) atoms. The third-order valence-electron chi connectivity index (χ3n) is 4.12. The molecular weight excluding hydrogens is 246 g/mol. The van der Waals surface area contributed by atoms with Gasteiger partial charge in [0.1, 0.15) is 0 Å². The molecule has 0 bridgehead atoms. The van der Waals surface area contributed by atoms with E-state index in [0.29, 0.717) is 23.9 Å². The predicted octanol–water partition coefficient (Wildman–Crippen LogP) is 3.19. The van der Waals surface area contributed by atoms with Crippen molar-refractivity contribution in [2.75, 3.05) is 6.61 Å². The summed E-state index contributed by atoms with van der Waals surface area (Å²) in [6, 6.07) is 9.16. The van der Waals surface area contributed by atoms with Crippen molar-refractivity contribution >= 4 is 11.6 Å². The normalized spacial score (nSPS) is 26.4. The van der Waals surface area contributed by atoms with E-state index in [2.05, 4.69) is 31.3 Å². The smallest absolute Gasteiger partial charge is 0.0471 e. The first-order chi connectivity index (χ1) is 8.60. The van der Waals surface area contributed by atoms with E-state index in [9.17, 15) is 0 Å². The lowest BCUT2D eigenvalue weighted by molar-refractivity contribution is 0.180. The zero-order chi connectivity index (χ0) is 13.1. The Morgan fingerprint density at radius 2 is 1.89 bits per heavy atom. The van der Waals surface area contributed by atoms with Crippen molar-refractivity contribution in [3.63, 3.8) is 0 Å². The van der Waals surface area contributed by atoms with Crippen LogP contribution in [0.1, 0.15) is 38.2 Å². The quantitative estimate of drug-likeness (QED) is 0.859. The molecule has 0 spiro atoms. The Kier molecular flexibility index (Phi) is 4.66. The zero-order valence-corrected chi connectivity index (χ0v) is 11.8. The molecule has 1 aromatic carbocycles. The van der Waals surface area contributed by atoms with Crippen molar-refractivity contribution in [3.8, 4) is 0 Å². The molecule has 2 atom stereocenters. The van der Waals surface area contributed by atoms with Gasteiger partial charge in [0.15, 0.2) is 0 Å². The monoisotopic (exact) mass is 267 g/mol. The number of aliphatic hydroxyl groups is 1. The van der Waals surface area contributed by atoms with Crippen molar-refractivity contribution in [2.45, 2.75) is 44.7 Å². The highest BCUT2D eigenvalue weighted by molar-refractivity contribution is 6.30. The first-order valence-corrected chi connectivity index (χ1v) is 7.10. The molecule has 0 aliphatic heterocycles. The molecule has 0 radical (unpaired) electrons. The van der Waals surface area contributed by atoms with Crippen molar-refractivity contribution < 1.29 is 5.11 Å².